The second-order valence-corrected chi connectivity index (χ2v) is 10.3. The average Bonchev–Trinajstić information content (AvgIpc) is 3.51. The number of rotatable bonds is 4. The third-order valence-corrected chi connectivity index (χ3v) is 8.54. The summed E-state index contributed by atoms with van der Waals surface area (Å²) in [5.74, 6) is 1.24. The Balaban J connectivity index is 1.47. The van der Waals surface area contributed by atoms with E-state index in [9.17, 15) is 4.79 Å². The third-order valence-electron chi connectivity index (χ3n) is 7.21. The minimum atomic E-state index is -0.232. The van der Waals surface area contributed by atoms with Crippen LogP contribution in [0.3, 0.4) is 0 Å². The lowest BCUT2D eigenvalue weighted by Crippen LogP contribution is -2.38. The van der Waals surface area contributed by atoms with Crippen LogP contribution in [-0.4, -0.2) is 29.7 Å². The molecule has 184 valence electrons. The quantitative estimate of drug-likeness (QED) is 0.345. The molecule has 0 saturated heterocycles. The zero-order chi connectivity index (χ0) is 24.6. The van der Waals surface area contributed by atoms with Gasteiger partial charge in [0.15, 0.2) is 0 Å². The lowest BCUT2D eigenvalue weighted by atomic mass is 9.95. The molecule has 0 bridgehead atoms. The van der Waals surface area contributed by atoms with Crippen molar-refractivity contribution in [2.75, 3.05) is 19.5 Å². The molecule has 4 aromatic rings. The van der Waals surface area contributed by atoms with E-state index in [0.29, 0.717) is 23.7 Å². The molecule has 2 aromatic carbocycles. The van der Waals surface area contributed by atoms with Crippen molar-refractivity contribution in [1.29, 1.82) is 0 Å². The fourth-order valence-corrected chi connectivity index (χ4v) is 6.87. The predicted octanol–water partition coefficient (Wildman–Crippen LogP) is 6.57. The van der Waals surface area contributed by atoms with Crippen molar-refractivity contribution >= 4 is 23.1 Å². The minimum absolute atomic E-state index is 0.163. The zero-order valence-electron chi connectivity index (χ0n) is 20.5. The fraction of sp³-hybridized carbons (Fsp3) is 0.276. The molecule has 3 heterocycles. The molecule has 0 fully saturated rings. The molecular weight excluding hydrogens is 470 g/mol. The highest BCUT2D eigenvalue weighted by Crippen LogP contribution is 2.44. The first kappa shape index (κ1) is 22.7. The molecule has 1 N–H and O–H groups in total. The normalized spacial score (nSPS) is 16.4. The number of ether oxygens (including phenoxy) is 2. The highest BCUT2D eigenvalue weighted by atomic mass is 32.1. The van der Waals surface area contributed by atoms with Crippen molar-refractivity contribution < 1.29 is 14.3 Å². The molecule has 0 spiro atoms. The number of thiophene rings is 1. The summed E-state index contributed by atoms with van der Waals surface area (Å²) in [5, 5.41) is 4.39. The van der Waals surface area contributed by atoms with Crippen LogP contribution in [-0.2, 0) is 19.4 Å². The number of benzene rings is 2. The van der Waals surface area contributed by atoms with Gasteiger partial charge in [0.25, 0.3) is 0 Å². The van der Waals surface area contributed by atoms with Gasteiger partial charge in [-0.15, -0.1) is 11.3 Å². The van der Waals surface area contributed by atoms with Gasteiger partial charge in [-0.2, -0.15) is 0 Å². The Labute approximate surface area is 215 Å². The molecule has 0 radical (unpaired) electrons. The number of urea groups is 1. The van der Waals surface area contributed by atoms with Gasteiger partial charge in [-0.3, -0.25) is 0 Å². The van der Waals surface area contributed by atoms with E-state index in [4.69, 9.17) is 9.47 Å². The summed E-state index contributed by atoms with van der Waals surface area (Å²) >= 11 is 1.89. The van der Waals surface area contributed by atoms with E-state index in [0.717, 1.165) is 24.1 Å². The van der Waals surface area contributed by atoms with Gasteiger partial charge < -0.3 is 24.3 Å². The third kappa shape index (κ3) is 3.84. The van der Waals surface area contributed by atoms with E-state index in [2.05, 4.69) is 40.3 Å². The van der Waals surface area contributed by atoms with Crippen molar-refractivity contribution in [3.8, 4) is 16.5 Å². The topological polar surface area (TPSA) is 55.7 Å². The summed E-state index contributed by atoms with van der Waals surface area (Å²) in [5.41, 5.74) is 5.51. The summed E-state index contributed by atoms with van der Waals surface area (Å²) in [7, 11) is 3.21. The number of carbonyl (C=O) groups is 1. The Morgan fingerprint density at radius 2 is 1.81 bits per heavy atom. The summed E-state index contributed by atoms with van der Waals surface area (Å²) < 4.78 is 13.2. The molecule has 0 saturated carbocycles. The SMILES string of the molecule is COc1ccc(NC(=O)N2Cc3c(sc4c3CCCC4)-n3cccc3[C@H]2c2ccccc2)c(OC)c1. The van der Waals surface area contributed by atoms with E-state index in [1.54, 1.807) is 20.3 Å². The number of fused-ring (bicyclic) bond motifs is 5. The van der Waals surface area contributed by atoms with E-state index >= 15 is 0 Å². The van der Waals surface area contributed by atoms with Crippen LogP contribution in [0.25, 0.3) is 5.00 Å². The molecule has 1 aliphatic carbocycles. The number of nitrogens with one attached hydrogen (secondary N) is 1. The van der Waals surface area contributed by atoms with Crippen molar-refractivity contribution in [3.63, 3.8) is 0 Å². The first-order chi connectivity index (χ1) is 17.7. The maximum Gasteiger partial charge on any atom is 0.323 e. The van der Waals surface area contributed by atoms with Crippen LogP contribution in [0.5, 0.6) is 11.5 Å². The van der Waals surface area contributed by atoms with Gasteiger partial charge in [-0.25, -0.2) is 4.79 Å². The number of amides is 2. The number of aryl methyl sites for hydroxylation is 1. The van der Waals surface area contributed by atoms with Crippen LogP contribution in [0.4, 0.5) is 10.5 Å². The summed E-state index contributed by atoms with van der Waals surface area (Å²) in [4.78, 5) is 17.5. The summed E-state index contributed by atoms with van der Waals surface area (Å²) in [6.45, 7) is 0.548. The number of methoxy groups -OCH3 is 2. The maximum absolute atomic E-state index is 14.1. The van der Waals surface area contributed by atoms with E-state index in [-0.39, 0.29) is 12.1 Å². The fourth-order valence-electron chi connectivity index (χ4n) is 5.46. The molecule has 6 nitrogen and oxygen atoms in total. The smallest absolute Gasteiger partial charge is 0.323 e. The van der Waals surface area contributed by atoms with Gasteiger partial charge in [0, 0.05) is 22.7 Å². The molecule has 6 rings (SSSR count). The lowest BCUT2D eigenvalue weighted by molar-refractivity contribution is 0.194. The monoisotopic (exact) mass is 499 g/mol. The minimum Gasteiger partial charge on any atom is -0.497 e. The van der Waals surface area contributed by atoms with Gasteiger partial charge in [0.05, 0.1) is 38.2 Å². The largest absolute Gasteiger partial charge is 0.497 e. The second kappa shape index (κ2) is 9.39. The van der Waals surface area contributed by atoms with E-state index < -0.39 is 0 Å². The number of aromatic nitrogens is 1. The van der Waals surface area contributed by atoms with Crippen molar-refractivity contribution in [2.24, 2.45) is 0 Å². The maximum atomic E-state index is 14.1. The van der Waals surface area contributed by atoms with Crippen LogP contribution < -0.4 is 14.8 Å². The second-order valence-electron chi connectivity index (χ2n) is 9.24. The van der Waals surface area contributed by atoms with Gasteiger partial charge in [-0.1, -0.05) is 30.3 Å². The van der Waals surface area contributed by atoms with Crippen LogP contribution in [0, 0.1) is 0 Å². The van der Waals surface area contributed by atoms with Crippen LogP contribution in [0.15, 0.2) is 66.9 Å². The first-order valence-corrected chi connectivity index (χ1v) is 13.1. The Bertz CT molecular complexity index is 1410. The summed E-state index contributed by atoms with van der Waals surface area (Å²) in [6, 6.07) is 19.6. The molecule has 2 amide bonds. The Morgan fingerprint density at radius 3 is 2.61 bits per heavy atom. The van der Waals surface area contributed by atoms with Crippen molar-refractivity contribution in [1.82, 2.24) is 9.47 Å². The number of hydrogen-bond donors (Lipinski definition) is 1. The van der Waals surface area contributed by atoms with Gasteiger partial charge in [-0.05, 0) is 61.1 Å². The van der Waals surface area contributed by atoms with Crippen LogP contribution in [0.2, 0.25) is 0 Å². The number of carbonyl (C=O) groups excluding carboxylic acids is 1. The summed E-state index contributed by atoms with van der Waals surface area (Å²) in [6.07, 6.45) is 6.78. The van der Waals surface area contributed by atoms with Crippen molar-refractivity contribution in [2.45, 2.75) is 38.3 Å². The molecule has 2 aliphatic rings. The van der Waals surface area contributed by atoms with Gasteiger partial charge in [0.1, 0.15) is 16.5 Å². The lowest BCUT2D eigenvalue weighted by Gasteiger charge is -2.31. The molecule has 1 atom stereocenters. The Kier molecular flexibility index (Phi) is 5.93. The predicted molar refractivity (Wildman–Crippen MR) is 143 cm³/mol. The molecule has 36 heavy (non-hydrogen) atoms. The van der Waals surface area contributed by atoms with E-state index in [1.807, 2.05) is 46.6 Å². The van der Waals surface area contributed by atoms with Gasteiger partial charge >= 0.3 is 6.03 Å². The average molecular weight is 500 g/mol. The zero-order valence-corrected chi connectivity index (χ0v) is 21.3. The molecular formula is C29H29N3O3S. The van der Waals surface area contributed by atoms with Crippen molar-refractivity contribution in [3.05, 3.63) is 94.1 Å². The van der Waals surface area contributed by atoms with Crippen LogP contribution >= 0.6 is 11.3 Å². The van der Waals surface area contributed by atoms with E-state index in [1.165, 1.54) is 33.8 Å². The molecule has 2 aromatic heterocycles. The first-order valence-electron chi connectivity index (χ1n) is 12.3. The molecule has 7 heteroatoms. The highest BCUT2D eigenvalue weighted by Gasteiger charge is 2.36. The number of anilines is 1. The highest BCUT2D eigenvalue weighted by molar-refractivity contribution is 7.15. The number of nitrogens with zero attached hydrogens (tertiary/aromatic N) is 2. The Morgan fingerprint density at radius 1 is 0.972 bits per heavy atom. The Hall–Kier alpha value is -3.71. The van der Waals surface area contributed by atoms with Gasteiger partial charge in [0.2, 0.25) is 0 Å². The number of hydrogen-bond acceptors (Lipinski definition) is 4. The molecule has 0 unspecified atom stereocenters. The molecule has 1 aliphatic heterocycles. The van der Waals surface area contributed by atoms with Crippen LogP contribution in [0.1, 0.15) is 46.1 Å². The standard InChI is InChI=1S/C29H29N3O3S/c1-34-20-14-15-23(25(17-20)35-2)30-29(33)32-18-22-21-11-6-7-13-26(21)36-28(22)31-16-8-12-24(31)27(32)19-9-4-3-5-10-19/h3-5,8-10,12,14-17,27H,6-7,11,13,18H2,1-2H3,(H,30,33)/t27-/m1/s1.